The van der Waals surface area contributed by atoms with Crippen molar-refractivity contribution in [3.63, 3.8) is 0 Å². The molecule has 1 aromatic heterocycles. The molecule has 0 saturated heterocycles. The third-order valence-corrected chi connectivity index (χ3v) is 2.86. The molecular formula is C14H17N3O2. The molecule has 1 heterocycles. The summed E-state index contributed by atoms with van der Waals surface area (Å²) in [5, 5.41) is 0. The number of ether oxygens (including phenoxy) is 1. The van der Waals surface area contributed by atoms with Gasteiger partial charge in [0, 0.05) is 23.7 Å². The summed E-state index contributed by atoms with van der Waals surface area (Å²) in [6, 6.07) is 7.15. The second kappa shape index (κ2) is 5.67. The monoisotopic (exact) mass is 259 g/mol. The van der Waals surface area contributed by atoms with E-state index in [-0.39, 0.29) is 5.56 Å². The van der Waals surface area contributed by atoms with Gasteiger partial charge in [-0.15, -0.1) is 0 Å². The zero-order valence-electron chi connectivity index (χ0n) is 11.1. The minimum Gasteiger partial charge on any atom is -0.496 e. The Kier molecular flexibility index (Phi) is 3.97. The number of methoxy groups -OCH3 is 1. The average molecular weight is 259 g/mol. The Morgan fingerprint density at radius 2 is 2.16 bits per heavy atom. The number of rotatable bonds is 4. The number of aryl methyl sites for hydroxylation is 1. The smallest absolute Gasteiger partial charge is 0.251 e. The molecule has 3 N–H and O–H groups in total. The fourth-order valence-electron chi connectivity index (χ4n) is 1.95. The summed E-state index contributed by atoms with van der Waals surface area (Å²) in [5.74, 6) is 1.37. The molecule has 0 bridgehead atoms. The van der Waals surface area contributed by atoms with Gasteiger partial charge in [0.25, 0.3) is 5.56 Å². The number of aromatic nitrogens is 2. The zero-order chi connectivity index (χ0) is 13.8. The Morgan fingerprint density at radius 1 is 1.37 bits per heavy atom. The summed E-state index contributed by atoms with van der Waals surface area (Å²) >= 11 is 0. The number of aromatic amines is 1. The van der Waals surface area contributed by atoms with Crippen molar-refractivity contribution in [3.05, 3.63) is 45.9 Å². The van der Waals surface area contributed by atoms with Gasteiger partial charge < -0.3 is 15.5 Å². The molecule has 0 aliphatic rings. The van der Waals surface area contributed by atoms with Gasteiger partial charge in [-0.05, 0) is 37.2 Å². The van der Waals surface area contributed by atoms with Gasteiger partial charge in [-0.2, -0.15) is 0 Å². The van der Waals surface area contributed by atoms with Crippen molar-refractivity contribution >= 4 is 0 Å². The number of hydrogen-bond acceptors (Lipinski definition) is 4. The Labute approximate surface area is 111 Å². The lowest BCUT2D eigenvalue weighted by Gasteiger charge is -2.08. The van der Waals surface area contributed by atoms with Gasteiger partial charge in [-0.25, -0.2) is 4.98 Å². The van der Waals surface area contributed by atoms with Crippen LogP contribution in [0.5, 0.6) is 5.75 Å². The van der Waals surface area contributed by atoms with Crippen LogP contribution in [0.2, 0.25) is 0 Å². The van der Waals surface area contributed by atoms with Crippen LogP contribution in [-0.2, 0) is 6.42 Å². The Morgan fingerprint density at radius 3 is 2.79 bits per heavy atom. The molecule has 0 atom stereocenters. The number of nitrogens with one attached hydrogen (secondary N) is 1. The van der Waals surface area contributed by atoms with Crippen molar-refractivity contribution in [2.24, 2.45) is 5.73 Å². The number of nitrogens with zero attached hydrogens (tertiary/aromatic N) is 1. The molecule has 0 fully saturated rings. The molecule has 0 unspecified atom stereocenters. The maximum Gasteiger partial charge on any atom is 0.251 e. The molecule has 0 aliphatic heterocycles. The van der Waals surface area contributed by atoms with Crippen molar-refractivity contribution in [2.75, 3.05) is 13.7 Å². The van der Waals surface area contributed by atoms with Gasteiger partial charge in [0.05, 0.1) is 7.11 Å². The normalized spacial score (nSPS) is 10.5. The van der Waals surface area contributed by atoms with Gasteiger partial charge in [0.15, 0.2) is 0 Å². The SMILES string of the molecule is COc1ccc(-c2nc(CCN)cc(=O)[nH]2)cc1C. The molecule has 0 radical (unpaired) electrons. The summed E-state index contributed by atoms with van der Waals surface area (Å²) < 4.78 is 5.21. The maximum atomic E-state index is 11.6. The molecule has 0 amide bonds. The molecule has 5 nitrogen and oxygen atoms in total. The summed E-state index contributed by atoms with van der Waals surface area (Å²) in [7, 11) is 1.63. The van der Waals surface area contributed by atoms with E-state index >= 15 is 0 Å². The van der Waals surface area contributed by atoms with E-state index < -0.39 is 0 Å². The highest BCUT2D eigenvalue weighted by Crippen LogP contribution is 2.23. The van der Waals surface area contributed by atoms with Crippen LogP contribution in [0.4, 0.5) is 0 Å². The van der Waals surface area contributed by atoms with Crippen LogP contribution in [0.3, 0.4) is 0 Å². The van der Waals surface area contributed by atoms with E-state index in [4.69, 9.17) is 10.5 Å². The third kappa shape index (κ3) is 3.00. The van der Waals surface area contributed by atoms with Crippen molar-refractivity contribution in [1.82, 2.24) is 9.97 Å². The average Bonchev–Trinajstić information content (AvgIpc) is 2.38. The van der Waals surface area contributed by atoms with Gasteiger partial charge in [-0.3, -0.25) is 4.79 Å². The maximum absolute atomic E-state index is 11.6. The van der Waals surface area contributed by atoms with Gasteiger partial charge in [0.1, 0.15) is 11.6 Å². The van der Waals surface area contributed by atoms with Crippen LogP contribution in [0.15, 0.2) is 29.1 Å². The van der Waals surface area contributed by atoms with Crippen LogP contribution in [0.1, 0.15) is 11.3 Å². The quantitative estimate of drug-likeness (QED) is 0.866. The molecule has 2 rings (SSSR count). The van der Waals surface area contributed by atoms with Gasteiger partial charge >= 0.3 is 0 Å². The Bertz CT molecular complexity index is 635. The second-order valence-corrected chi connectivity index (χ2v) is 4.31. The highest BCUT2D eigenvalue weighted by molar-refractivity contribution is 5.58. The molecule has 1 aromatic carbocycles. The van der Waals surface area contributed by atoms with Gasteiger partial charge in [-0.1, -0.05) is 0 Å². The van der Waals surface area contributed by atoms with Crippen molar-refractivity contribution in [2.45, 2.75) is 13.3 Å². The van der Waals surface area contributed by atoms with Crippen molar-refractivity contribution in [1.29, 1.82) is 0 Å². The summed E-state index contributed by atoms with van der Waals surface area (Å²) in [5.41, 5.74) is 7.88. The molecule has 100 valence electrons. The first-order chi connectivity index (χ1) is 9.13. The van der Waals surface area contributed by atoms with Crippen LogP contribution < -0.4 is 16.0 Å². The lowest BCUT2D eigenvalue weighted by Crippen LogP contribution is -2.13. The van der Waals surface area contributed by atoms with Crippen LogP contribution in [-0.4, -0.2) is 23.6 Å². The van der Waals surface area contributed by atoms with Crippen LogP contribution >= 0.6 is 0 Å². The summed E-state index contributed by atoms with van der Waals surface area (Å²) in [6.07, 6.45) is 0.589. The Balaban J connectivity index is 2.46. The molecule has 0 saturated carbocycles. The first-order valence-electron chi connectivity index (χ1n) is 6.09. The molecule has 0 spiro atoms. The summed E-state index contributed by atoms with van der Waals surface area (Å²) in [6.45, 7) is 2.42. The van der Waals surface area contributed by atoms with Crippen LogP contribution in [0.25, 0.3) is 11.4 Å². The number of H-pyrrole nitrogens is 1. The van der Waals surface area contributed by atoms with E-state index in [1.165, 1.54) is 6.07 Å². The highest BCUT2D eigenvalue weighted by atomic mass is 16.5. The topological polar surface area (TPSA) is 81.0 Å². The van der Waals surface area contributed by atoms with E-state index in [2.05, 4.69) is 9.97 Å². The number of hydrogen-bond donors (Lipinski definition) is 2. The number of nitrogens with two attached hydrogens (primary N) is 1. The largest absolute Gasteiger partial charge is 0.496 e. The standard InChI is InChI=1S/C14H17N3O2/c1-9-7-10(3-4-12(9)19-2)14-16-11(5-6-15)8-13(18)17-14/h3-4,7-8H,5-6,15H2,1-2H3,(H,16,17,18). The number of benzene rings is 1. The Hall–Kier alpha value is -2.14. The highest BCUT2D eigenvalue weighted by Gasteiger charge is 2.06. The first-order valence-corrected chi connectivity index (χ1v) is 6.09. The van der Waals surface area contributed by atoms with E-state index in [1.807, 2.05) is 25.1 Å². The summed E-state index contributed by atoms with van der Waals surface area (Å²) in [4.78, 5) is 18.8. The minimum atomic E-state index is -0.165. The molecule has 2 aromatic rings. The van der Waals surface area contributed by atoms with E-state index in [0.717, 1.165) is 16.9 Å². The van der Waals surface area contributed by atoms with Gasteiger partial charge in [0.2, 0.25) is 0 Å². The van der Waals surface area contributed by atoms with E-state index in [9.17, 15) is 4.79 Å². The van der Waals surface area contributed by atoms with E-state index in [0.29, 0.717) is 24.5 Å². The fraction of sp³-hybridized carbons (Fsp3) is 0.286. The predicted octanol–water partition coefficient (Wildman–Crippen LogP) is 1.26. The minimum absolute atomic E-state index is 0.165. The zero-order valence-corrected chi connectivity index (χ0v) is 11.1. The molecule has 5 heteroatoms. The second-order valence-electron chi connectivity index (χ2n) is 4.31. The first kappa shape index (κ1) is 13.3. The third-order valence-electron chi connectivity index (χ3n) is 2.86. The van der Waals surface area contributed by atoms with Crippen molar-refractivity contribution < 1.29 is 4.74 Å². The van der Waals surface area contributed by atoms with Crippen molar-refractivity contribution in [3.8, 4) is 17.1 Å². The molecule has 19 heavy (non-hydrogen) atoms. The molecular weight excluding hydrogens is 242 g/mol. The molecule has 0 aliphatic carbocycles. The predicted molar refractivity (Wildman–Crippen MR) is 74.3 cm³/mol. The fourth-order valence-corrected chi connectivity index (χ4v) is 1.95. The lowest BCUT2D eigenvalue weighted by molar-refractivity contribution is 0.412. The van der Waals surface area contributed by atoms with Crippen LogP contribution in [0, 0.1) is 6.92 Å². The van der Waals surface area contributed by atoms with E-state index in [1.54, 1.807) is 7.11 Å². The lowest BCUT2D eigenvalue weighted by atomic mass is 10.1.